The molecule has 0 amide bonds. The minimum absolute atomic E-state index is 0. The van der Waals surface area contributed by atoms with E-state index in [2.05, 4.69) is 17.5 Å². The van der Waals surface area contributed by atoms with Crippen molar-refractivity contribution in [3.63, 3.8) is 0 Å². The van der Waals surface area contributed by atoms with Crippen molar-refractivity contribution in [1.82, 2.24) is 4.90 Å². The molecule has 1 heterocycles. The van der Waals surface area contributed by atoms with E-state index in [1.165, 1.54) is 18.9 Å². The van der Waals surface area contributed by atoms with E-state index in [-0.39, 0.29) is 23.8 Å². The van der Waals surface area contributed by atoms with Crippen LogP contribution in [0.15, 0.2) is 24.3 Å². The molecule has 1 saturated heterocycles. The summed E-state index contributed by atoms with van der Waals surface area (Å²) < 4.78 is 13.7. The highest BCUT2D eigenvalue weighted by molar-refractivity contribution is 7.80. The molecule has 3 rings (SSSR count). The standard InChI is InChI=1S/C16H20FNOS.ClH/c17-14-4-2-1-3-13(14)16(19)10-18-8-7-12(20)9-15(18)11-5-6-11;/h1-4,11-12,15,20H,5-10H2;1H. The Morgan fingerprint density at radius 1 is 1.29 bits per heavy atom. The van der Waals surface area contributed by atoms with Gasteiger partial charge in [0.05, 0.1) is 12.1 Å². The molecule has 0 bridgehead atoms. The Kier molecular flexibility index (Phi) is 5.69. The molecule has 0 aromatic heterocycles. The van der Waals surface area contributed by atoms with E-state index in [9.17, 15) is 9.18 Å². The average molecular weight is 330 g/mol. The van der Waals surface area contributed by atoms with Gasteiger partial charge < -0.3 is 0 Å². The predicted molar refractivity (Wildman–Crippen MR) is 88.1 cm³/mol. The van der Waals surface area contributed by atoms with Gasteiger partial charge in [-0.05, 0) is 50.3 Å². The molecule has 1 saturated carbocycles. The molecule has 2 unspecified atom stereocenters. The molecule has 2 nitrogen and oxygen atoms in total. The van der Waals surface area contributed by atoms with Gasteiger partial charge in [-0.15, -0.1) is 12.4 Å². The normalized spacial score (nSPS) is 26.2. The lowest BCUT2D eigenvalue weighted by atomic mass is 9.96. The summed E-state index contributed by atoms with van der Waals surface area (Å²) in [5.74, 6) is 0.203. The van der Waals surface area contributed by atoms with Crippen LogP contribution in [0.5, 0.6) is 0 Å². The summed E-state index contributed by atoms with van der Waals surface area (Å²) in [5, 5.41) is 0.445. The highest BCUT2D eigenvalue weighted by Crippen LogP contribution is 2.40. The van der Waals surface area contributed by atoms with Gasteiger partial charge in [0.2, 0.25) is 0 Å². The van der Waals surface area contributed by atoms with E-state index >= 15 is 0 Å². The van der Waals surface area contributed by atoms with Crippen molar-refractivity contribution in [3.8, 4) is 0 Å². The molecule has 2 atom stereocenters. The molecule has 1 aliphatic heterocycles. The number of thiol groups is 1. The first-order valence-electron chi connectivity index (χ1n) is 7.35. The molecule has 0 radical (unpaired) electrons. The third-order valence-electron chi connectivity index (χ3n) is 4.42. The lowest BCUT2D eigenvalue weighted by Crippen LogP contribution is -2.46. The minimum atomic E-state index is -0.412. The van der Waals surface area contributed by atoms with Crippen LogP contribution in [-0.4, -0.2) is 35.1 Å². The van der Waals surface area contributed by atoms with Gasteiger partial charge in [0, 0.05) is 11.3 Å². The van der Waals surface area contributed by atoms with Crippen LogP contribution in [0.3, 0.4) is 0 Å². The number of Topliss-reactive ketones (excluding diaryl/α,β-unsaturated/α-hetero) is 1. The van der Waals surface area contributed by atoms with E-state index in [1.807, 2.05) is 0 Å². The number of benzene rings is 1. The van der Waals surface area contributed by atoms with Crippen molar-refractivity contribution < 1.29 is 9.18 Å². The molecule has 2 aliphatic rings. The number of carbonyl (C=O) groups excluding carboxylic acids is 1. The van der Waals surface area contributed by atoms with Gasteiger partial charge in [-0.25, -0.2) is 4.39 Å². The summed E-state index contributed by atoms with van der Waals surface area (Å²) in [6.45, 7) is 1.23. The molecule has 1 aliphatic carbocycles. The molecular weight excluding hydrogens is 309 g/mol. The Hall–Kier alpha value is -0.580. The van der Waals surface area contributed by atoms with Crippen LogP contribution >= 0.6 is 25.0 Å². The van der Waals surface area contributed by atoms with Gasteiger partial charge in [-0.3, -0.25) is 9.69 Å². The second-order valence-corrected chi connectivity index (χ2v) is 6.69. The summed E-state index contributed by atoms with van der Waals surface area (Å²) >= 11 is 4.59. The van der Waals surface area contributed by atoms with Gasteiger partial charge in [0.1, 0.15) is 5.82 Å². The summed E-state index contributed by atoms with van der Waals surface area (Å²) in [5.41, 5.74) is 0.218. The van der Waals surface area contributed by atoms with Gasteiger partial charge in [0.25, 0.3) is 0 Å². The molecule has 0 N–H and O–H groups in total. The van der Waals surface area contributed by atoms with Gasteiger partial charge in [0.15, 0.2) is 5.78 Å². The fraction of sp³-hybridized carbons (Fsp3) is 0.562. The largest absolute Gasteiger partial charge is 0.293 e. The maximum absolute atomic E-state index is 13.7. The van der Waals surface area contributed by atoms with Crippen molar-refractivity contribution in [1.29, 1.82) is 0 Å². The highest BCUT2D eigenvalue weighted by Gasteiger charge is 2.39. The zero-order valence-corrected chi connectivity index (χ0v) is 13.6. The molecule has 21 heavy (non-hydrogen) atoms. The van der Waals surface area contributed by atoms with E-state index in [4.69, 9.17) is 0 Å². The highest BCUT2D eigenvalue weighted by atomic mass is 35.5. The van der Waals surface area contributed by atoms with Crippen molar-refractivity contribution in [3.05, 3.63) is 35.6 Å². The zero-order valence-electron chi connectivity index (χ0n) is 11.9. The van der Waals surface area contributed by atoms with Crippen LogP contribution < -0.4 is 0 Å². The Balaban J connectivity index is 0.00000161. The maximum Gasteiger partial charge on any atom is 0.179 e. The van der Waals surface area contributed by atoms with E-state index < -0.39 is 5.82 Å². The van der Waals surface area contributed by atoms with Crippen molar-refractivity contribution in [2.24, 2.45) is 5.92 Å². The summed E-state index contributed by atoms with van der Waals surface area (Å²) in [7, 11) is 0. The number of hydrogen-bond donors (Lipinski definition) is 1. The van der Waals surface area contributed by atoms with E-state index in [0.29, 0.717) is 17.8 Å². The topological polar surface area (TPSA) is 20.3 Å². The molecule has 5 heteroatoms. The Labute approximate surface area is 136 Å². The summed E-state index contributed by atoms with van der Waals surface area (Å²) in [6, 6.07) is 6.72. The van der Waals surface area contributed by atoms with E-state index in [1.54, 1.807) is 18.2 Å². The fourth-order valence-electron chi connectivity index (χ4n) is 3.15. The first-order valence-corrected chi connectivity index (χ1v) is 7.86. The first-order chi connectivity index (χ1) is 9.65. The SMILES string of the molecule is Cl.O=C(CN1CCC(S)CC1C1CC1)c1ccccc1F. The van der Waals surface area contributed by atoms with Gasteiger partial charge in [-0.1, -0.05) is 12.1 Å². The number of hydrogen-bond acceptors (Lipinski definition) is 3. The third-order valence-corrected chi connectivity index (χ3v) is 4.89. The molecule has 116 valence electrons. The maximum atomic E-state index is 13.7. The molecule has 0 spiro atoms. The Morgan fingerprint density at radius 3 is 2.67 bits per heavy atom. The van der Waals surface area contributed by atoms with Crippen LogP contribution in [0.2, 0.25) is 0 Å². The quantitative estimate of drug-likeness (QED) is 0.673. The van der Waals surface area contributed by atoms with Crippen molar-refractivity contribution in [2.45, 2.75) is 37.0 Å². The zero-order chi connectivity index (χ0) is 14.1. The van der Waals surface area contributed by atoms with Crippen LogP contribution in [0.4, 0.5) is 4.39 Å². The second-order valence-electron chi connectivity index (χ2n) is 5.96. The number of ketones is 1. The molecule has 1 aromatic carbocycles. The molecule has 2 fully saturated rings. The number of likely N-dealkylation sites (tertiary alicyclic amines) is 1. The predicted octanol–water partition coefficient (Wildman–Crippen LogP) is 3.60. The van der Waals surface area contributed by atoms with Crippen LogP contribution in [0.1, 0.15) is 36.0 Å². The smallest absolute Gasteiger partial charge is 0.179 e. The number of piperidine rings is 1. The van der Waals surface area contributed by atoms with Crippen LogP contribution in [0, 0.1) is 11.7 Å². The Morgan fingerprint density at radius 2 is 2.00 bits per heavy atom. The van der Waals surface area contributed by atoms with Crippen LogP contribution in [-0.2, 0) is 0 Å². The molecule has 1 aromatic rings. The second kappa shape index (κ2) is 7.12. The van der Waals surface area contributed by atoms with Crippen molar-refractivity contribution >= 4 is 30.8 Å². The van der Waals surface area contributed by atoms with E-state index in [0.717, 1.165) is 25.3 Å². The number of rotatable bonds is 4. The Bertz CT molecular complexity index is 509. The lowest BCUT2D eigenvalue weighted by Gasteiger charge is -2.38. The number of halogens is 2. The molecular formula is C16H21ClFNOS. The lowest BCUT2D eigenvalue weighted by molar-refractivity contribution is 0.0818. The van der Waals surface area contributed by atoms with Crippen LogP contribution in [0.25, 0.3) is 0 Å². The average Bonchev–Trinajstić information content (AvgIpc) is 3.25. The van der Waals surface area contributed by atoms with Gasteiger partial charge >= 0.3 is 0 Å². The number of nitrogens with zero attached hydrogens (tertiary/aromatic N) is 1. The first kappa shape index (κ1) is 16.8. The van der Waals surface area contributed by atoms with Crippen molar-refractivity contribution in [2.75, 3.05) is 13.1 Å². The monoisotopic (exact) mass is 329 g/mol. The van der Waals surface area contributed by atoms with Gasteiger partial charge in [-0.2, -0.15) is 12.6 Å². The summed E-state index contributed by atoms with van der Waals surface area (Å²) in [6.07, 6.45) is 4.58. The minimum Gasteiger partial charge on any atom is -0.293 e. The fourth-order valence-corrected chi connectivity index (χ4v) is 3.48. The summed E-state index contributed by atoms with van der Waals surface area (Å²) in [4.78, 5) is 14.6. The number of carbonyl (C=O) groups is 1. The third kappa shape index (κ3) is 3.99.